The van der Waals surface area contributed by atoms with Crippen molar-refractivity contribution in [1.29, 1.82) is 0 Å². The van der Waals surface area contributed by atoms with Crippen LogP contribution in [0.3, 0.4) is 0 Å². The smallest absolute Gasteiger partial charge is 0.171 e. The standard InChI is InChI=1S/C17H18BrFN2O2S/c1-11(10-23-16-6-4-3-5-15(16)22-2)20-17(24)21-14-8-7-12(18)9-13(14)19/h3-9,11H,10H2,1-2H3,(H2,20,21,24)/t11-/m0/s1. The highest BCUT2D eigenvalue weighted by molar-refractivity contribution is 9.10. The number of hydrogen-bond acceptors (Lipinski definition) is 3. The summed E-state index contributed by atoms with van der Waals surface area (Å²) in [5.41, 5.74) is 0.313. The van der Waals surface area contributed by atoms with Gasteiger partial charge in [0, 0.05) is 4.47 Å². The summed E-state index contributed by atoms with van der Waals surface area (Å²) in [7, 11) is 1.59. The number of rotatable bonds is 6. The number of hydrogen-bond donors (Lipinski definition) is 2. The first kappa shape index (κ1) is 18.5. The zero-order valence-electron chi connectivity index (χ0n) is 13.3. The zero-order chi connectivity index (χ0) is 17.5. The third-order valence-corrected chi connectivity index (χ3v) is 3.83. The maximum Gasteiger partial charge on any atom is 0.171 e. The predicted octanol–water partition coefficient (Wildman–Crippen LogP) is 4.35. The molecule has 2 N–H and O–H groups in total. The molecule has 2 rings (SSSR count). The van der Waals surface area contributed by atoms with Gasteiger partial charge in [0.05, 0.1) is 18.8 Å². The first-order valence-electron chi connectivity index (χ1n) is 7.28. The Morgan fingerprint density at radius 2 is 1.96 bits per heavy atom. The number of halogens is 2. The molecule has 0 aliphatic heterocycles. The molecular weight excluding hydrogens is 395 g/mol. The molecule has 0 saturated heterocycles. The molecule has 4 nitrogen and oxygen atoms in total. The fraction of sp³-hybridized carbons (Fsp3) is 0.235. The van der Waals surface area contributed by atoms with E-state index in [1.807, 2.05) is 31.2 Å². The summed E-state index contributed by atoms with van der Waals surface area (Å²) in [5.74, 6) is 0.945. The summed E-state index contributed by atoms with van der Waals surface area (Å²) in [4.78, 5) is 0. The van der Waals surface area contributed by atoms with E-state index in [4.69, 9.17) is 21.7 Å². The Hall–Kier alpha value is -1.86. The van der Waals surface area contributed by atoms with Gasteiger partial charge in [0.1, 0.15) is 12.4 Å². The van der Waals surface area contributed by atoms with Gasteiger partial charge >= 0.3 is 0 Å². The molecule has 0 fully saturated rings. The summed E-state index contributed by atoms with van der Waals surface area (Å²) in [5, 5.41) is 6.21. The van der Waals surface area contributed by atoms with Gasteiger partial charge in [-0.2, -0.15) is 0 Å². The molecule has 0 radical (unpaired) electrons. The largest absolute Gasteiger partial charge is 0.493 e. The van der Waals surface area contributed by atoms with Crippen LogP contribution in [0.4, 0.5) is 10.1 Å². The van der Waals surface area contributed by atoms with Gasteiger partial charge in [-0.05, 0) is 49.5 Å². The lowest BCUT2D eigenvalue weighted by Crippen LogP contribution is -2.39. The summed E-state index contributed by atoms with van der Waals surface area (Å²) in [6.45, 7) is 2.30. The second-order valence-electron chi connectivity index (χ2n) is 5.09. The molecule has 0 aromatic heterocycles. The van der Waals surface area contributed by atoms with Crippen LogP contribution < -0.4 is 20.1 Å². The Balaban J connectivity index is 1.85. The van der Waals surface area contributed by atoms with Gasteiger partial charge in [-0.15, -0.1) is 0 Å². The molecule has 0 bridgehead atoms. The average molecular weight is 413 g/mol. The average Bonchev–Trinajstić information content (AvgIpc) is 2.55. The van der Waals surface area contributed by atoms with Crippen molar-refractivity contribution >= 4 is 38.9 Å². The molecular formula is C17H18BrFN2O2S. The van der Waals surface area contributed by atoms with Crippen LogP contribution in [0.5, 0.6) is 11.5 Å². The molecule has 0 aliphatic rings. The normalized spacial score (nSPS) is 11.5. The topological polar surface area (TPSA) is 42.5 Å². The SMILES string of the molecule is COc1ccccc1OC[C@H](C)NC(=S)Nc1ccc(Br)cc1F. The van der Waals surface area contributed by atoms with Gasteiger partial charge in [-0.25, -0.2) is 4.39 Å². The summed E-state index contributed by atoms with van der Waals surface area (Å²) >= 11 is 8.42. The maximum absolute atomic E-state index is 13.8. The highest BCUT2D eigenvalue weighted by Crippen LogP contribution is 2.25. The lowest BCUT2D eigenvalue weighted by Gasteiger charge is -2.18. The number of methoxy groups -OCH3 is 1. The van der Waals surface area contributed by atoms with E-state index in [2.05, 4.69) is 26.6 Å². The molecule has 2 aromatic carbocycles. The quantitative estimate of drug-likeness (QED) is 0.690. The van der Waals surface area contributed by atoms with Crippen LogP contribution in [-0.4, -0.2) is 24.9 Å². The monoisotopic (exact) mass is 412 g/mol. The van der Waals surface area contributed by atoms with E-state index in [0.29, 0.717) is 33.4 Å². The lowest BCUT2D eigenvalue weighted by molar-refractivity contribution is 0.270. The third kappa shape index (κ3) is 5.35. The maximum atomic E-state index is 13.8. The van der Waals surface area contributed by atoms with Crippen molar-refractivity contribution in [1.82, 2.24) is 5.32 Å². The van der Waals surface area contributed by atoms with Crippen LogP contribution >= 0.6 is 28.1 Å². The van der Waals surface area contributed by atoms with Gasteiger partial charge in [-0.3, -0.25) is 0 Å². The van der Waals surface area contributed by atoms with Crippen molar-refractivity contribution < 1.29 is 13.9 Å². The van der Waals surface area contributed by atoms with Crippen molar-refractivity contribution in [2.75, 3.05) is 19.0 Å². The molecule has 128 valence electrons. The second-order valence-corrected chi connectivity index (χ2v) is 6.41. The highest BCUT2D eigenvalue weighted by atomic mass is 79.9. The van der Waals surface area contributed by atoms with Crippen molar-refractivity contribution in [2.24, 2.45) is 0 Å². The van der Waals surface area contributed by atoms with E-state index in [1.165, 1.54) is 6.07 Å². The van der Waals surface area contributed by atoms with Crippen LogP contribution in [-0.2, 0) is 0 Å². The molecule has 1 atom stereocenters. The van der Waals surface area contributed by atoms with Crippen LogP contribution in [0, 0.1) is 5.82 Å². The Morgan fingerprint density at radius 3 is 2.62 bits per heavy atom. The first-order valence-corrected chi connectivity index (χ1v) is 8.48. The minimum absolute atomic E-state index is 0.0755. The molecule has 0 unspecified atom stereocenters. The number of para-hydroxylation sites is 2. The number of ether oxygens (including phenoxy) is 2. The van der Waals surface area contributed by atoms with E-state index in [0.717, 1.165) is 0 Å². The van der Waals surface area contributed by atoms with E-state index in [-0.39, 0.29) is 11.9 Å². The number of anilines is 1. The van der Waals surface area contributed by atoms with Gasteiger partial charge in [0.2, 0.25) is 0 Å². The number of thiocarbonyl (C=S) groups is 1. The van der Waals surface area contributed by atoms with E-state index < -0.39 is 0 Å². The molecule has 24 heavy (non-hydrogen) atoms. The Kier molecular flexibility index (Phi) is 6.81. The highest BCUT2D eigenvalue weighted by Gasteiger charge is 2.10. The summed E-state index contributed by atoms with van der Waals surface area (Å²) in [6, 6.07) is 12.1. The van der Waals surface area contributed by atoms with Crippen LogP contribution in [0.1, 0.15) is 6.92 Å². The molecule has 7 heteroatoms. The Morgan fingerprint density at radius 1 is 1.25 bits per heavy atom. The Bertz CT molecular complexity index is 715. The molecule has 2 aromatic rings. The minimum Gasteiger partial charge on any atom is -0.493 e. The van der Waals surface area contributed by atoms with Crippen LogP contribution in [0.25, 0.3) is 0 Å². The Labute approximate surface area is 154 Å². The van der Waals surface area contributed by atoms with Gasteiger partial charge in [0.25, 0.3) is 0 Å². The minimum atomic E-state index is -0.383. The predicted molar refractivity (Wildman–Crippen MR) is 101 cm³/mol. The van der Waals surface area contributed by atoms with Crippen molar-refractivity contribution in [2.45, 2.75) is 13.0 Å². The van der Waals surface area contributed by atoms with Crippen LogP contribution in [0.15, 0.2) is 46.9 Å². The van der Waals surface area contributed by atoms with Crippen molar-refractivity contribution in [3.05, 3.63) is 52.8 Å². The van der Waals surface area contributed by atoms with Crippen LogP contribution in [0.2, 0.25) is 0 Å². The molecule has 0 aliphatic carbocycles. The molecule has 0 heterocycles. The first-order chi connectivity index (χ1) is 11.5. The van der Waals surface area contributed by atoms with E-state index in [1.54, 1.807) is 19.2 Å². The zero-order valence-corrected chi connectivity index (χ0v) is 15.7. The van der Waals surface area contributed by atoms with E-state index >= 15 is 0 Å². The van der Waals surface area contributed by atoms with Gasteiger partial charge in [0.15, 0.2) is 16.6 Å². The number of nitrogens with one attached hydrogen (secondary N) is 2. The summed E-state index contributed by atoms with van der Waals surface area (Å²) in [6.07, 6.45) is 0. The molecule has 0 amide bonds. The number of benzene rings is 2. The molecule has 0 spiro atoms. The molecule has 0 saturated carbocycles. The van der Waals surface area contributed by atoms with Gasteiger partial charge in [-0.1, -0.05) is 28.1 Å². The lowest BCUT2D eigenvalue weighted by atomic mass is 10.3. The summed E-state index contributed by atoms with van der Waals surface area (Å²) < 4.78 is 25.4. The second kappa shape index (κ2) is 8.84. The van der Waals surface area contributed by atoms with Gasteiger partial charge < -0.3 is 20.1 Å². The van der Waals surface area contributed by atoms with Crippen molar-refractivity contribution in [3.63, 3.8) is 0 Å². The fourth-order valence-corrected chi connectivity index (χ4v) is 2.61. The van der Waals surface area contributed by atoms with Crippen molar-refractivity contribution in [3.8, 4) is 11.5 Å². The third-order valence-electron chi connectivity index (χ3n) is 3.11. The van der Waals surface area contributed by atoms with E-state index in [9.17, 15) is 4.39 Å². The fourth-order valence-electron chi connectivity index (χ4n) is 1.97.